The molecule has 6 heteroatoms. The summed E-state index contributed by atoms with van der Waals surface area (Å²) in [6, 6.07) is 15.3. The molecule has 3 aromatic rings. The zero-order chi connectivity index (χ0) is 23.8. The van der Waals surface area contributed by atoms with Crippen LogP contribution in [0.3, 0.4) is 0 Å². The van der Waals surface area contributed by atoms with Crippen LogP contribution in [0, 0.1) is 0 Å². The lowest BCUT2D eigenvalue weighted by molar-refractivity contribution is 0.0601. The van der Waals surface area contributed by atoms with Crippen LogP contribution in [-0.4, -0.2) is 45.4 Å². The molecule has 0 bridgehead atoms. The normalized spacial score (nSPS) is 16.0. The van der Waals surface area contributed by atoms with E-state index in [0.717, 1.165) is 17.5 Å². The Hall–Kier alpha value is -3.12. The van der Waals surface area contributed by atoms with E-state index < -0.39 is 0 Å². The van der Waals surface area contributed by atoms with Crippen LogP contribution in [0.2, 0.25) is 0 Å². The Morgan fingerprint density at radius 3 is 2.45 bits per heavy atom. The maximum atomic E-state index is 13.4. The van der Waals surface area contributed by atoms with E-state index in [1.807, 2.05) is 30.9 Å². The van der Waals surface area contributed by atoms with Crippen molar-refractivity contribution in [1.82, 2.24) is 15.1 Å². The van der Waals surface area contributed by atoms with Crippen molar-refractivity contribution in [2.45, 2.75) is 58.6 Å². The molecule has 1 amide bonds. The van der Waals surface area contributed by atoms with Crippen LogP contribution in [0.5, 0.6) is 5.75 Å². The van der Waals surface area contributed by atoms with Gasteiger partial charge in [0.05, 0.1) is 12.1 Å². The number of aromatic nitrogens is 2. The summed E-state index contributed by atoms with van der Waals surface area (Å²) in [5.41, 5.74) is 4.84. The van der Waals surface area contributed by atoms with Crippen LogP contribution in [0.25, 0.3) is 11.3 Å². The smallest absolute Gasteiger partial charge is 0.273 e. The number of phenols is 1. The highest BCUT2D eigenvalue weighted by molar-refractivity contribution is 6.00. The SMILES string of the molecule is CC(C)OCCCN1C(=O)c2[nH]nc(-c3ccccc3O)c2C1c1ccc(C(C)(C)C)cc1. The molecule has 0 fully saturated rings. The predicted molar refractivity (Wildman–Crippen MR) is 129 cm³/mol. The highest BCUT2D eigenvalue weighted by Crippen LogP contribution is 2.44. The summed E-state index contributed by atoms with van der Waals surface area (Å²) in [5, 5.41) is 17.9. The summed E-state index contributed by atoms with van der Waals surface area (Å²) in [6.07, 6.45) is 0.897. The number of benzene rings is 2. The first-order chi connectivity index (χ1) is 15.7. The fraction of sp³-hybridized carbons (Fsp3) is 0.407. The molecule has 0 radical (unpaired) electrons. The first-order valence-electron chi connectivity index (χ1n) is 11.6. The molecule has 6 nitrogen and oxygen atoms in total. The van der Waals surface area contributed by atoms with E-state index in [9.17, 15) is 9.90 Å². The van der Waals surface area contributed by atoms with E-state index in [4.69, 9.17) is 4.74 Å². The minimum Gasteiger partial charge on any atom is -0.507 e. The third kappa shape index (κ3) is 4.53. The van der Waals surface area contributed by atoms with Gasteiger partial charge in [-0.2, -0.15) is 5.10 Å². The third-order valence-corrected chi connectivity index (χ3v) is 6.11. The van der Waals surface area contributed by atoms with Gasteiger partial charge in [0.15, 0.2) is 0 Å². The monoisotopic (exact) mass is 447 g/mol. The second kappa shape index (κ2) is 9.02. The molecule has 1 aromatic heterocycles. The van der Waals surface area contributed by atoms with E-state index in [1.54, 1.807) is 12.1 Å². The number of phenolic OH excluding ortho intramolecular Hbond substituents is 1. The first kappa shape index (κ1) is 23.1. The molecule has 4 rings (SSSR count). The van der Waals surface area contributed by atoms with Gasteiger partial charge in [0.25, 0.3) is 5.91 Å². The predicted octanol–water partition coefficient (Wildman–Crippen LogP) is 5.44. The first-order valence-corrected chi connectivity index (χ1v) is 11.6. The van der Waals surface area contributed by atoms with Gasteiger partial charge in [0.2, 0.25) is 0 Å². The Labute approximate surface area is 195 Å². The topological polar surface area (TPSA) is 78.5 Å². The van der Waals surface area contributed by atoms with Gasteiger partial charge in [-0.15, -0.1) is 0 Å². The number of ether oxygens (including phenoxy) is 1. The van der Waals surface area contributed by atoms with Crippen LogP contribution >= 0.6 is 0 Å². The number of carbonyl (C=O) groups is 1. The third-order valence-electron chi connectivity index (χ3n) is 6.11. The molecule has 2 aromatic carbocycles. The van der Waals surface area contributed by atoms with Gasteiger partial charge in [-0.05, 0) is 48.9 Å². The lowest BCUT2D eigenvalue weighted by atomic mass is 9.85. The van der Waals surface area contributed by atoms with E-state index in [0.29, 0.717) is 30.1 Å². The largest absolute Gasteiger partial charge is 0.507 e. The molecule has 174 valence electrons. The molecule has 0 saturated heterocycles. The molecule has 0 aliphatic carbocycles. The van der Waals surface area contributed by atoms with Crippen molar-refractivity contribution in [1.29, 1.82) is 0 Å². The standard InChI is InChI=1S/C27H33N3O3/c1-17(2)33-16-8-15-30-25(18-11-13-19(14-12-18)27(3,4)5)22-23(28-29-24(22)26(30)32)20-9-6-7-10-21(20)31/h6-7,9-14,17,25,31H,8,15-16H2,1-5H3,(H,28,29). The number of hydrogen-bond acceptors (Lipinski definition) is 4. The number of amides is 1. The number of carbonyl (C=O) groups excluding carboxylic acids is 1. The van der Waals surface area contributed by atoms with E-state index in [2.05, 4.69) is 55.2 Å². The molecule has 33 heavy (non-hydrogen) atoms. The van der Waals surface area contributed by atoms with Gasteiger partial charge in [0.1, 0.15) is 17.1 Å². The van der Waals surface area contributed by atoms with Crippen molar-refractivity contribution >= 4 is 5.91 Å². The van der Waals surface area contributed by atoms with Crippen LogP contribution in [0.4, 0.5) is 0 Å². The Kier molecular flexibility index (Phi) is 6.30. The maximum Gasteiger partial charge on any atom is 0.273 e. The molecule has 1 aliphatic heterocycles. The zero-order valence-electron chi connectivity index (χ0n) is 20.1. The average molecular weight is 448 g/mol. The fourth-order valence-corrected chi connectivity index (χ4v) is 4.37. The average Bonchev–Trinajstić information content (AvgIpc) is 3.30. The Balaban J connectivity index is 1.75. The second-order valence-electron chi connectivity index (χ2n) is 9.92. The number of fused-ring (bicyclic) bond motifs is 1. The number of hydrogen-bond donors (Lipinski definition) is 2. The van der Waals surface area contributed by atoms with Crippen LogP contribution < -0.4 is 0 Å². The van der Waals surface area contributed by atoms with Gasteiger partial charge in [-0.3, -0.25) is 9.89 Å². The van der Waals surface area contributed by atoms with E-state index >= 15 is 0 Å². The lowest BCUT2D eigenvalue weighted by Crippen LogP contribution is -2.31. The maximum absolute atomic E-state index is 13.4. The number of aromatic amines is 1. The molecule has 0 saturated carbocycles. The number of aromatic hydroxyl groups is 1. The van der Waals surface area contributed by atoms with Crippen molar-refractivity contribution in [3.63, 3.8) is 0 Å². The minimum absolute atomic E-state index is 0.0414. The minimum atomic E-state index is -0.283. The summed E-state index contributed by atoms with van der Waals surface area (Å²) < 4.78 is 5.71. The molecule has 1 unspecified atom stereocenters. The quantitative estimate of drug-likeness (QED) is 0.473. The highest BCUT2D eigenvalue weighted by Gasteiger charge is 2.42. The molecule has 1 aliphatic rings. The number of H-pyrrole nitrogens is 1. The Morgan fingerprint density at radius 1 is 1.12 bits per heavy atom. The van der Waals surface area contributed by atoms with Crippen LogP contribution in [0.15, 0.2) is 48.5 Å². The molecular formula is C27H33N3O3. The number of nitrogens with zero attached hydrogens (tertiary/aromatic N) is 2. The summed E-state index contributed by atoms with van der Waals surface area (Å²) in [6.45, 7) is 11.7. The van der Waals surface area contributed by atoms with Crippen molar-refractivity contribution in [2.24, 2.45) is 0 Å². The molecule has 0 spiro atoms. The highest BCUT2D eigenvalue weighted by atomic mass is 16.5. The summed E-state index contributed by atoms with van der Waals surface area (Å²) in [4.78, 5) is 15.3. The molecular weight excluding hydrogens is 414 g/mol. The van der Waals surface area contributed by atoms with Crippen LogP contribution in [0.1, 0.15) is 74.3 Å². The fourth-order valence-electron chi connectivity index (χ4n) is 4.37. The van der Waals surface area contributed by atoms with Gasteiger partial charge in [-0.1, -0.05) is 57.2 Å². The molecule has 1 atom stereocenters. The van der Waals surface area contributed by atoms with E-state index in [1.165, 1.54) is 5.56 Å². The zero-order valence-corrected chi connectivity index (χ0v) is 20.1. The Morgan fingerprint density at radius 2 is 1.82 bits per heavy atom. The summed E-state index contributed by atoms with van der Waals surface area (Å²) in [7, 11) is 0. The van der Waals surface area contributed by atoms with Gasteiger partial charge < -0.3 is 14.7 Å². The van der Waals surface area contributed by atoms with Gasteiger partial charge in [-0.25, -0.2) is 0 Å². The van der Waals surface area contributed by atoms with Crippen molar-refractivity contribution < 1.29 is 14.6 Å². The van der Waals surface area contributed by atoms with Gasteiger partial charge in [0, 0.05) is 24.3 Å². The van der Waals surface area contributed by atoms with Crippen molar-refractivity contribution in [2.75, 3.05) is 13.2 Å². The molecule has 2 heterocycles. The summed E-state index contributed by atoms with van der Waals surface area (Å²) >= 11 is 0. The van der Waals surface area contributed by atoms with Crippen molar-refractivity contribution in [3.05, 3.63) is 70.9 Å². The van der Waals surface area contributed by atoms with E-state index in [-0.39, 0.29) is 29.2 Å². The van der Waals surface area contributed by atoms with Crippen molar-refractivity contribution in [3.8, 4) is 17.0 Å². The number of rotatable bonds is 7. The Bertz CT molecular complexity index is 1130. The van der Waals surface area contributed by atoms with Gasteiger partial charge >= 0.3 is 0 Å². The lowest BCUT2D eigenvalue weighted by Gasteiger charge is -2.27. The second-order valence-corrected chi connectivity index (χ2v) is 9.92. The van der Waals surface area contributed by atoms with Crippen LogP contribution in [-0.2, 0) is 10.2 Å². The number of nitrogens with one attached hydrogen (secondary N) is 1. The summed E-state index contributed by atoms with van der Waals surface area (Å²) in [5.74, 6) is 0.0680. The molecule has 2 N–H and O–H groups in total. The number of para-hydroxylation sites is 1.